The van der Waals surface area contributed by atoms with E-state index in [-0.39, 0.29) is 110 Å². The van der Waals surface area contributed by atoms with Crippen LogP contribution in [0.25, 0.3) is 0 Å². The van der Waals surface area contributed by atoms with E-state index in [2.05, 4.69) is 21.3 Å². The monoisotopic (exact) mass is 924 g/mol. The van der Waals surface area contributed by atoms with Crippen molar-refractivity contribution in [3.63, 3.8) is 0 Å². The third-order valence-electron chi connectivity index (χ3n) is 12.5. The Hall–Kier alpha value is -7.88. The molecular formula is C52H56N6O10. The van der Waals surface area contributed by atoms with Crippen LogP contribution in [0.3, 0.4) is 0 Å². The molecule has 0 unspecified atom stereocenters. The molecule has 7 rings (SSSR count). The molecule has 2 aliphatic heterocycles. The zero-order chi connectivity index (χ0) is 48.2. The number of hydrogen-bond donors (Lipinski definition) is 8. The molecule has 2 fully saturated rings. The first-order chi connectivity index (χ1) is 32.8. The minimum atomic E-state index is -0.848. The van der Waals surface area contributed by atoms with Crippen LogP contribution in [-0.4, -0.2) is 118 Å². The van der Waals surface area contributed by atoms with Crippen LogP contribution >= 0.6 is 0 Å². The van der Waals surface area contributed by atoms with Gasteiger partial charge in [0.2, 0.25) is 23.6 Å². The van der Waals surface area contributed by atoms with Crippen LogP contribution in [0.5, 0.6) is 23.0 Å². The van der Waals surface area contributed by atoms with E-state index in [9.17, 15) is 49.2 Å². The predicted octanol–water partition coefficient (Wildman–Crippen LogP) is 3.32. The average Bonchev–Trinajstić information content (AvgIpc) is 4.01. The lowest BCUT2D eigenvalue weighted by Gasteiger charge is -2.18. The van der Waals surface area contributed by atoms with Crippen molar-refractivity contribution in [1.82, 2.24) is 31.1 Å². The summed E-state index contributed by atoms with van der Waals surface area (Å²) in [5.41, 5.74) is 4.06. The molecule has 0 radical (unpaired) electrons. The molecule has 2 saturated heterocycles. The molecule has 0 spiro atoms. The van der Waals surface area contributed by atoms with Crippen molar-refractivity contribution >= 4 is 35.4 Å². The van der Waals surface area contributed by atoms with Gasteiger partial charge < -0.3 is 51.5 Å². The quantitative estimate of drug-likeness (QED) is 0.0638. The lowest BCUT2D eigenvalue weighted by molar-refractivity contribution is -0.132. The van der Waals surface area contributed by atoms with Crippen LogP contribution < -0.4 is 21.3 Å². The molecule has 8 N–H and O–H groups in total. The number of likely N-dealkylation sites (tertiary alicyclic amines) is 2. The largest absolute Gasteiger partial charge is 0.508 e. The molecule has 68 heavy (non-hydrogen) atoms. The zero-order valence-electron chi connectivity index (χ0n) is 37.5. The van der Waals surface area contributed by atoms with Gasteiger partial charge in [-0.15, -0.1) is 0 Å². The highest BCUT2D eigenvalue weighted by atomic mass is 16.3. The van der Waals surface area contributed by atoms with Crippen LogP contribution in [0.2, 0.25) is 0 Å². The summed E-state index contributed by atoms with van der Waals surface area (Å²) >= 11 is 0. The van der Waals surface area contributed by atoms with E-state index in [1.54, 1.807) is 97.1 Å². The number of phenols is 4. The van der Waals surface area contributed by atoms with E-state index >= 15 is 0 Å². The third-order valence-corrected chi connectivity index (χ3v) is 12.5. The molecule has 16 nitrogen and oxygen atoms in total. The molecule has 5 aromatic carbocycles. The number of hydrogen-bond acceptors (Lipinski definition) is 10. The maximum atomic E-state index is 14.0. The number of phenolic OH excluding ortho intramolecular Hbond substituents is 4. The van der Waals surface area contributed by atoms with Crippen molar-refractivity contribution in [3.8, 4) is 23.0 Å². The highest BCUT2D eigenvalue weighted by Gasteiger charge is 2.45. The Balaban J connectivity index is 0.992. The topological polar surface area (TPSA) is 238 Å². The molecule has 0 bridgehead atoms. The molecule has 0 saturated carbocycles. The van der Waals surface area contributed by atoms with Crippen molar-refractivity contribution in [2.45, 2.75) is 25.7 Å². The van der Waals surface area contributed by atoms with E-state index in [1.165, 1.54) is 34.1 Å². The lowest BCUT2D eigenvalue weighted by Crippen LogP contribution is -2.42. The van der Waals surface area contributed by atoms with Gasteiger partial charge in [-0.1, -0.05) is 48.5 Å². The molecule has 0 aromatic heterocycles. The van der Waals surface area contributed by atoms with Gasteiger partial charge in [-0.2, -0.15) is 0 Å². The summed E-state index contributed by atoms with van der Waals surface area (Å²) in [5, 5.41) is 50.1. The number of carbonyl (C=O) groups excluding carboxylic acids is 6. The van der Waals surface area contributed by atoms with Gasteiger partial charge in [0.15, 0.2) is 0 Å². The Morgan fingerprint density at radius 2 is 0.559 bits per heavy atom. The number of rotatable bonds is 18. The van der Waals surface area contributed by atoms with Crippen molar-refractivity contribution < 1.29 is 49.2 Å². The van der Waals surface area contributed by atoms with Gasteiger partial charge in [0, 0.05) is 63.5 Å². The lowest BCUT2D eigenvalue weighted by atomic mass is 9.94. The fourth-order valence-corrected chi connectivity index (χ4v) is 8.62. The van der Waals surface area contributed by atoms with Crippen molar-refractivity contribution in [2.75, 3.05) is 52.4 Å². The van der Waals surface area contributed by atoms with Crippen LogP contribution in [0, 0.1) is 23.7 Å². The summed E-state index contributed by atoms with van der Waals surface area (Å²) in [6.07, 6.45) is 1.94. The molecular weight excluding hydrogens is 869 g/mol. The van der Waals surface area contributed by atoms with Gasteiger partial charge in [-0.3, -0.25) is 28.8 Å². The molecule has 2 aliphatic rings. The Morgan fingerprint density at radius 3 is 0.765 bits per heavy atom. The number of nitrogens with zero attached hydrogens (tertiary/aromatic N) is 2. The number of aromatic hydroxyl groups is 4. The van der Waals surface area contributed by atoms with Gasteiger partial charge in [-0.05, 0) is 121 Å². The molecule has 4 atom stereocenters. The van der Waals surface area contributed by atoms with Crippen LogP contribution in [0.4, 0.5) is 0 Å². The standard InChI is InChI=1S/C52H56N6O10/c59-39-13-1-33(2-14-39)21-25-53-47(63)43-29-57(30-44(43)48(64)54-26-22-34-3-15-40(60)16-4-34)51(67)37-9-11-38(12-10-37)52(68)58-31-45(49(65)55-27-23-35-5-17-41(61)18-6-35)46(32-58)50(66)56-28-24-36-7-19-42(62)20-8-36/h1-20,43-46,59-62H,21-32H2,(H,53,63)(H,54,64)(H,55,65)(H,56,66)/t43-,44-,45-,46-/m0/s1. The number of amides is 6. The van der Waals surface area contributed by atoms with Crippen molar-refractivity contribution in [1.29, 1.82) is 0 Å². The summed E-state index contributed by atoms with van der Waals surface area (Å²) in [5.74, 6) is -5.24. The predicted molar refractivity (Wildman–Crippen MR) is 251 cm³/mol. The maximum Gasteiger partial charge on any atom is 0.253 e. The zero-order valence-corrected chi connectivity index (χ0v) is 37.5. The molecule has 0 aliphatic carbocycles. The van der Waals surface area contributed by atoms with E-state index in [4.69, 9.17) is 0 Å². The van der Waals surface area contributed by atoms with E-state index < -0.39 is 35.5 Å². The van der Waals surface area contributed by atoms with E-state index in [0.717, 1.165) is 22.3 Å². The first kappa shape index (κ1) is 48.1. The first-order valence-electron chi connectivity index (χ1n) is 22.7. The second-order valence-corrected chi connectivity index (χ2v) is 17.3. The molecule has 2 heterocycles. The fourth-order valence-electron chi connectivity index (χ4n) is 8.62. The van der Waals surface area contributed by atoms with E-state index in [0.29, 0.717) is 25.7 Å². The fraction of sp³-hybridized carbons (Fsp3) is 0.308. The number of benzene rings is 5. The second-order valence-electron chi connectivity index (χ2n) is 17.3. The highest BCUT2D eigenvalue weighted by Crippen LogP contribution is 2.29. The van der Waals surface area contributed by atoms with Gasteiger partial charge in [0.05, 0.1) is 23.7 Å². The number of nitrogens with one attached hydrogen (secondary N) is 4. The molecule has 5 aromatic rings. The third kappa shape index (κ3) is 12.7. The Bertz CT molecular complexity index is 2230. The average molecular weight is 925 g/mol. The molecule has 16 heteroatoms. The van der Waals surface area contributed by atoms with Crippen molar-refractivity contribution in [2.24, 2.45) is 23.7 Å². The highest BCUT2D eigenvalue weighted by molar-refractivity contribution is 6.00. The Labute approximate surface area is 394 Å². The Kier molecular flexibility index (Phi) is 15.9. The Morgan fingerprint density at radius 1 is 0.353 bits per heavy atom. The smallest absolute Gasteiger partial charge is 0.253 e. The molecule has 354 valence electrons. The number of carbonyl (C=O) groups is 6. The summed E-state index contributed by atoms with van der Waals surface area (Å²) < 4.78 is 0. The van der Waals surface area contributed by atoms with Crippen molar-refractivity contribution in [3.05, 3.63) is 155 Å². The summed E-state index contributed by atoms with van der Waals surface area (Å²) in [6.45, 7) is 0.999. The molecule has 6 amide bonds. The van der Waals surface area contributed by atoms with Crippen LogP contribution in [0.15, 0.2) is 121 Å². The van der Waals surface area contributed by atoms with Crippen LogP contribution in [-0.2, 0) is 44.9 Å². The minimum Gasteiger partial charge on any atom is -0.508 e. The summed E-state index contributed by atoms with van der Waals surface area (Å²) in [4.78, 5) is 85.6. The minimum absolute atomic E-state index is 0.0227. The SMILES string of the molecule is O=C(NCCc1ccc(O)cc1)[C@H]1CN(C(=O)c2ccc(C(=O)N3C[C@H](C(=O)NCCc4ccc(O)cc4)[C@@H](C(=O)NCCc4ccc(O)cc4)C3)cc2)C[C@@H]1C(=O)NCCc1ccc(O)cc1. The van der Waals surface area contributed by atoms with Gasteiger partial charge in [0.25, 0.3) is 11.8 Å². The van der Waals surface area contributed by atoms with Gasteiger partial charge >= 0.3 is 0 Å². The summed E-state index contributed by atoms with van der Waals surface area (Å²) in [7, 11) is 0. The van der Waals surface area contributed by atoms with Gasteiger partial charge in [0.1, 0.15) is 23.0 Å². The summed E-state index contributed by atoms with van der Waals surface area (Å²) in [6, 6.07) is 32.5. The maximum absolute atomic E-state index is 14.0. The first-order valence-corrected chi connectivity index (χ1v) is 22.7. The normalized spacial score (nSPS) is 17.6. The van der Waals surface area contributed by atoms with Gasteiger partial charge in [-0.25, -0.2) is 0 Å². The second kappa shape index (κ2) is 22.5. The van der Waals surface area contributed by atoms with E-state index in [1.807, 2.05) is 0 Å². The van der Waals surface area contributed by atoms with Crippen LogP contribution in [0.1, 0.15) is 43.0 Å².